The number of hydrogen-bond acceptors (Lipinski definition) is 24. The van der Waals surface area contributed by atoms with Crippen LogP contribution < -0.4 is 43.0 Å². The molecule has 19 atom stereocenters. The molecule has 2 heterocycles. The molecular weight excluding hydrogens is 1760 g/mol. The van der Waals surface area contributed by atoms with E-state index in [4.69, 9.17) is 33.7 Å². The molecule has 0 aliphatic carbocycles. The zero-order valence-corrected chi connectivity index (χ0v) is 83.0. The van der Waals surface area contributed by atoms with Gasteiger partial charge in [0.1, 0.15) is 91.1 Å². The number of nitrogens with two attached hydrogens (primary N) is 1. The number of aliphatic hydroxyl groups is 4. The predicted molar refractivity (Wildman–Crippen MR) is 506 cm³/mol. The van der Waals surface area contributed by atoms with Crippen molar-refractivity contribution in [3.05, 3.63) is 128 Å². The molecule has 0 saturated carbocycles. The van der Waals surface area contributed by atoms with Crippen molar-refractivity contribution in [2.24, 2.45) is 5.73 Å². The Morgan fingerprint density at radius 1 is 0.398 bits per heavy atom. The number of phosphoric ester groups is 2. The number of carbonyl (C=O) groups excluding carboxylic acids is 7. The molecule has 754 valence electrons. The quantitative estimate of drug-likeness (QED) is 0.0199. The number of carboxylic acids is 3. The van der Waals surface area contributed by atoms with E-state index in [1.54, 1.807) is 6.92 Å². The average Bonchev–Trinajstić information content (AvgIpc) is 0.764. The van der Waals surface area contributed by atoms with Crippen LogP contribution >= 0.6 is 15.6 Å². The molecule has 133 heavy (non-hydrogen) atoms. The van der Waals surface area contributed by atoms with Crippen molar-refractivity contribution in [1.29, 1.82) is 0 Å². The summed E-state index contributed by atoms with van der Waals surface area (Å²) in [5.41, 5.74) is 20.3. The predicted octanol–water partition coefficient (Wildman–Crippen LogP) is 11.8. The number of carboxylic acid groups (broad SMARTS) is 3. The fraction of sp³-hybridized carbons (Fsp3) is 0.663. The number of carbonyl (C=O) groups is 10. The summed E-state index contributed by atoms with van der Waals surface area (Å²) < 4.78 is 66.5. The minimum absolute atomic E-state index is 0.147. The van der Waals surface area contributed by atoms with E-state index < -0.39 is 211 Å². The number of amides is 7. The second-order valence-corrected chi connectivity index (χ2v) is 38.3. The van der Waals surface area contributed by atoms with Crippen molar-refractivity contribution < 1.29 is 135 Å². The van der Waals surface area contributed by atoms with Crippen LogP contribution in [0.2, 0.25) is 0 Å². The van der Waals surface area contributed by atoms with Gasteiger partial charge in [0.25, 0.3) is 0 Å². The van der Waals surface area contributed by atoms with Crippen LogP contribution in [0.1, 0.15) is 285 Å². The number of aliphatic hydroxyl groups excluding tert-OH is 4. The Hall–Kier alpha value is -8.26. The Morgan fingerprint density at radius 2 is 0.752 bits per heavy atom. The molecule has 36 nitrogen and oxygen atoms in total. The Balaban J connectivity index is 2.15. The zero-order chi connectivity index (χ0) is 100. The van der Waals surface area contributed by atoms with Gasteiger partial charge in [0, 0.05) is 20.3 Å². The van der Waals surface area contributed by atoms with E-state index in [-0.39, 0.29) is 19.3 Å². The molecular formula is C95H156N8O28P2. The standard InChI is InChI=1S/C95H156N8O28P2/c1-58(2)30-19-31-59(3)32-20-33-60(4)34-21-35-61(5)36-22-37-62(6)38-23-39-63(7)40-24-41-64(8)42-25-43-65(9)44-26-45-66(10)46-27-47-67(11)48-28-49-68(12)54-55-125-132(121,122)131-133(123,124)130-95-82(101-74(18)107)86(85(79(57-105)128-95)129-94-81(100-73(17)106)84(111)83(110)78(56-104)127-94)126-72(16)89(114)97-70(14)88(113)102-77(52-53-80(108)109)91(116)103-76(51-29-50-75(96)93(119)120)90(115)98-69(13)87(112)99-71(15)92(117)118/h30,32,34,36,38,40,42,44,46,48,54,69-72,75-79,81-86,94-95,104-105,110-111H,19-29,31,33,35,37,39,41,43,45,47,49-53,55-57,96H2,1-18H3,(H,97,114)(H,98,115)(H,99,112)(H,100,106)(H,101,107)(H,102,113)(H,103,116)(H,108,109)(H,117,118)(H,119,120)(H,121,122)(H,123,124). The van der Waals surface area contributed by atoms with Crippen LogP contribution in [-0.4, -0.2) is 228 Å². The van der Waals surface area contributed by atoms with Crippen molar-refractivity contribution in [2.45, 2.75) is 389 Å². The molecule has 0 aromatic heterocycles. The van der Waals surface area contributed by atoms with Gasteiger partial charge in [0.15, 0.2) is 12.6 Å². The van der Waals surface area contributed by atoms with Crippen LogP contribution in [0.5, 0.6) is 0 Å². The summed E-state index contributed by atoms with van der Waals surface area (Å²) in [6, 6.07) is -13.2. The van der Waals surface area contributed by atoms with Gasteiger partial charge in [-0.2, -0.15) is 4.31 Å². The molecule has 0 spiro atoms. The first-order chi connectivity index (χ1) is 62.4. The number of rotatable bonds is 64. The molecule has 18 N–H and O–H groups in total. The SMILES string of the molecule is CC(=O)NC1C(OC2C(CO)OC(OP(=O)(O)OP(=O)(O)OCC=C(C)CCC=C(C)CCC=C(C)CCC=C(C)CCC=C(C)CCC=C(C)CCC=C(C)CCC=C(C)CCC=C(C)CCC=C(C)CCC=C(C)C)C(NC(C)=O)C2OC(C)C(=O)NC(C)C(=O)NC(CCC(=O)O)C(=O)NC(CCCC(N)C(=O)O)C(=O)NC(C)C(=O)NC(C)C(=O)O)OC(CO)C(O)C1O. The molecule has 2 aliphatic rings. The number of phosphoric acid groups is 2. The Bertz CT molecular complexity index is 4220. The second-order valence-electron chi connectivity index (χ2n) is 35.3. The van der Waals surface area contributed by atoms with Crippen molar-refractivity contribution >= 4 is 74.9 Å². The van der Waals surface area contributed by atoms with E-state index in [1.807, 2.05) is 6.92 Å². The van der Waals surface area contributed by atoms with Crippen LogP contribution in [-0.2, 0) is 89.4 Å². The van der Waals surface area contributed by atoms with Crippen molar-refractivity contribution in [1.82, 2.24) is 37.2 Å². The summed E-state index contributed by atoms with van der Waals surface area (Å²) in [4.78, 5) is 151. The zero-order valence-electron chi connectivity index (χ0n) is 81.2. The maximum absolute atomic E-state index is 14.3. The summed E-state index contributed by atoms with van der Waals surface area (Å²) in [6.07, 6.45) is 24.8. The van der Waals surface area contributed by atoms with Crippen molar-refractivity contribution in [3.63, 3.8) is 0 Å². The Labute approximate surface area is 785 Å². The average molecular weight is 1920 g/mol. The van der Waals surface area contributed by atoms with Gasteiger partial charge in [-0.25, -0.2) is 9.13 Å². The first-order valence-electron chi connectivity index (χ1n) is 46.0. The minimum atomic E-state index is -5.99. The number of nitrogens with one attached hydrogen (secondary N) is 7. The van der Waals surface area contributed by atoms with E-state index in [0.717, 1.165) is 156 Å². The van der Waals surface area contributed by atoms with Crippen LogP contribution in [0.3, 0.4) is 0 Å². The van der Waals surface area contributed by atoms with Crippen LogP contribution in [0.25, 0.3) is 0 Å². The molecule has 0 bridgehead atoms. The van der Waals surface area contributed by atoms with E-state index in [2.05, 4.69) is 172 Å². The first-order valence-corrected chi connectivity index (χ1v) is 49.0. The van der Waals surface area contributed by atoms with Gasteiger partial charge in [-0.05, 0) is 265 Å². The number of allylic oxidation sites excluding steroid dienone is 21. The van der Waals surface area contributed by atoms with Gasteiger partial charge in [0.2, 0.25) is 41.4 Å². The van der Waals surface area contributed by atoms with Crippen LogP contribution in [0.15, 0.2) is 128 Å². The van der Waals surface area contributed by atoms with E-state index in [1.165, 1.54) is 63.2 Å². The van der Waals surface area contributed by atoms with Crippen LogP contribution in [0.4, 0.5) is 0 Å². The fourth-order valence-corrected chi connectivity index (χ4v) is 16.3. The molecule has 7 amide bonds. The molecule has 38 heteroatoms. The molecule has 2 aliphatic heterocycles. The maximum atomic E-state index is 14.3. The number of aliphatic carboxylic acids is 3. The van der Waals surface area contributed by atoms with E-state index in [9.17, 15) is 103 Å². The van der Waals surface area contributed by atoms with Crippen molar-refractivity contribution in [3.8, 4) is 0 Å². The molecule has 0 radical (unpaired) electrons. The van der Waals surface area contributed by atoms with Gasteiger partial charge in [-0.3, -0.25) is 57.0 Å². The molecule has 0 aromatic rings. The normalized spacial score (nSPS) is 22.4. The highest BCUT2D eigenvalue weighted by Gasteiger charge is 2.55. The third kappa shape index (κ3) is 51.5. The Kier molecular flexibility index (Phi) is 58.1. The molecule has 2 rings (SSSR count). The van der Waals surface area contributed by atoms with E-state index >= 15 is 0 Å². The topological polar surface area (TPSA) is 562 Å². The summed E-state index contributed by atoms with van der Waals surface area (Å²) >= 11 is 0. The van der Waals surface area contributed by atoms with Gasteiger partial charge in [-0.1, -0.05) is 128 Å². The third-order valence-corrected chi connectivity index (χ3v) is 25.0. The largest absolute Gasteiger partial charge is 0.483 e. The summed E-state index contributed by atoms with van der Waals surface area (Å²) in [6.45, 7) is 29.5. The molecule has 2 saturated heterocycles. The van der Waals surface area contributed by atoms with Gasteiger partial charge >= 0.3 is 33.6 Å². The highest BCUT2D eigenvalue weighted by Crippen LogP contribution is 2.61. The first kappa shape index (κ1) is 121. The lowest BCUT2D eigenvalue weighted by molar-refractivity contribution is -0.331. The highest BCUT2D eigenvalue weighted by molar-refractivity contribution is 7.61. The molecule has 19 unspecified atom stereocenters. The van der Waals surface area contributed by atoms with Gasteiger partial charge < -0.3 is 107 Å². The van der Waals surface area contributed by atoms with Crippen molar-refractivity contribution in [2.75, 3.05) is 19.8 Å². The second kappa shape index (κ2) is 63.9. The Morgan fingerprint density at radius 3 is 1.14 bits per heavy atom. The van der Waals surface area contributed by atoms with Gasteiger partial charge in [-0.15, -0.1) is 0 Å². The molecule has 0 aromatic carbocycles. The lowest BCUT2D eigenvalue weighted by Gasteiger charge is -2.49. The molecule has 2 fully saturated rings. The maximum Gasteiger partial charge on any atom is 0.483 e. The number of hydrogen-bond donors (Lipinski definition) is 17. The lowest BCUT2D eigenvalue weighted by atomic mass is 9.94. The van der Waals surface area contributed by atoms with Gasteiger partial charge in [0.05, 0.1) is 19.8 Å². The van der Waals surface area contributed by atoms with Crippen LogP contribution in [0, 0.1) is 0 Å². The lowest BCUT2D eigenvalue weighted by Crippen LogP contribution is -2.70. The summed E-state index contributed by atoms with van der Waals surface area (Å²) in [7, 11) is -11.6. The summed E-state index contributed by atoms with van der Waals surface area (Å²) in [5, 5.41) is 87.5. The summed E-state index contributed by atoms with van der Waals surface area (Å²) in [5.74, 6) is -11.8. The highest BCUT2D eigenvalue weighted by atomic mass is 31.3. The monoisotopic (exact) mass is 1920 g/mol. The third-order valence-electron chi connectivity index (χ3n) is 22.4. The smallest absolute Gasteiger partial charge is 0.481 e. The fourth-order valence-electron chi connectivity index (χ4n) is 14.2. The number of ether oxygens (including phenoxy) is 4. The minimum Gasteiger partial charge on any atom is -0.481 e. The van der Waals surface area contributed by atoms with E-state index in [0.29, 0.717) is 18.4 Å².